The van der Waals surface area contributed by atoms with Crippen molar-refractivity contribution in [1.29, 1.82) is 0 Å². The molecule has 1 aliphatic carbocycles. The Morgan fingerprint density at radius 3 is 2.10 bits per heavy atom. The third-order valence-corrected chi connectivity index (χ3v) is 10.1. The molecule has 1 fully saturated rings. The molecule has 2 unspecified atom stereocenters. The summed E-state index contributed by atoms with van der Waals surface area (Å²) >= 11 is 5.88. The molecule has 0 bridgehead atoms. The fourth-order valence-electron chi connectivity index (χ4n) is 5.59. The van der Waals surface area contributed by atoms with Gasteiger partial charge < -0.3 is 10.0 Å². The van der Waals surface area contributed by atoms with Gasteiger partial charge in [0.25, 0.3) is 0 Å². The third kappa shape index (κ3) is 4.50. The van der Waals surface area contributed by atoms with Gasteiger partial charge in [-0.25, -0.2) is 12.8 Å². The highest BCUT2D eigenvalue weighted by atomic mass is 35.5. The molecule has 1 amide bonds. The number of nitrogens with zero attached hydrogens (tertiary/aromatic N) is 1. The number of carbonyl (C=O) groups is 1. The van der Waals surface area contributed by atoms with E-state index in [4.69, 9.17) is 11.6 Å². The highest BCUT2D eigenvalue weighted by Crippen LogP contribution is 2.57. The third-order valence-electron chi connectivity index (χ3n) is 7.30. The predicted octanol–water partition coefficient (Wildman–Crippen LogP) is 5.62. The summed E-state index contributed by atoms with van der Waals surface area (Å²) in [5, 5.41) is 10.4. The van der Waals surface area contributed by atoms with Crippen LogP contribution in [0.3, 0.4) is 0 Å². The highest BCUT2D eigenvalue weighted by Gasteiger charge is 2.74. The molecule has 214 valence electrons. The summed E-state index contributed by atoms with van der Waals surface area (Å²) in [6, 6.07) is 5.23. The normalized spacial score (nSPS) is 22.1. The smallest absolute Gasteiger partial charge is 0.390 e. The molecule has 1 aliphatic heterocycles. The van der Waals surface area contributed by atoms with Gasteiger partial charge in [-0.05, 0) is 62.1 Å². The summed E-state index contributed by atoms with van der Waals surface area (Å²) in [5.41, 5.74) is -9.30. The van der Waals surface area contributed by atoms with Crippen molar-refractivity contribution >= 4 is 27.3 Å². The maximum atomic E-state index is 14.8. The van der Waals surface area contributed by atoms with Crippen LogP contribution in [0.1, 0.15) is 43.4 Å². The highest BCUT2D eigenvalue weighted by molar-refractivity contribution is 7.92. The number of hydrogen-bond acceptors (Lipinski definition) is 4. The van der Waals surface area contributed by atoms with Crippen LogP contribution in [0.4, 0.5) is 30.7 Å². The number of fused-ring (bicyclic) bond motifs is 3. The van der Waals surface area contributed by atoms with Crippen molar-refractivity contribution in [3.63, 3.8) is 0 Å². The largest absolute Gasteiger partial charge is 0.435 e. The second kappa shape index (κ2) is 9.07. The lowest BCUT2D eigenvalue weighted by molar-refractivity contribution is -0.348. The van der Waals surface area contributed by atoms with E-state index in [9.17, 15) is 49.1 Å². The maximum absolute atomic E-state index is 14.8. The Labute approximate surface area is 224 Å². The Bertz CT molecular complexity index is 1390. The lowest BCUT2D eigenvalue weighted by Gasteiger charge is -2.34. The minimum Gasteiger partial charge on any atom is -0.390 e. The predicted molar refractivity (Wildman–Crippen MR) is 126 cm³/mol. The van der Waals surface area contributed by atoms with Crippen molar-refractivity contribution in [2.45, 2.75) is 72.4 Å². The first-order chi connectivity index (χ1) is 17.7. The van der Waals surface area contributed by atoms with Gasteiger partial charge in [0.15, 0.2) is 9.84 Å². The molecule has 0 aromatic heterocycles. The number of benzene rings is 2. The Morgan fingerprint density at radius 1 is 1.03 bits per heavy atom. The zero-order valence-corrected chi connectivity index (χ0v) is 22.1. The SMILES string of the molecule is CC(C)(O)CC(=O)N1CCC2(S(=O)(=O)c3ccc(Cl)cc3)c3ccc(C(F)(C(F)(F)F)C(F)(F)F)cc3CC12. The van der Waals surface area contributed by atoms with E-state index in [0.29, 0.717) is 12.1 Å². The average Bonchev–Trinajstić information content (AvgIpc) is 3.31. The zero-order valence-electron chi connectivity index (χ0n) is 20.5. The van der Waals surface area contributed by atoms with E-state index in [1.165, 1.54) is 43.0 Å². The van der Waals surface area contributed by atoms with Crippen LogP contribution in [0.5, 0.6) is 0 Å². The maximum Gasteiger partial charge on any atom is 0.435 e. The van der Waals surface area contributed by atoms with Crippen LogP contribution in [0.15, 0.2) is 47.4 Å². The quantitative estimate of drug-likeness (QED) is 0.452. The number of rotatable bonds is 5. The lowest BCUT2D eigenvalue weighted by atomic mass is 9.90. The van der Waals surface area contributed by atoms with E-state index in [-0.39, 0.29) is 34.0 Å². The van der Waals surface area contributed by atoms with Crippen molar-refractivity contribution in [3.8, 4) is 0 Å². The van der Waals surface area contributed by atoms with Gasteiger partial charge in [0.1, 0.15) is 4.75 Å². The van der Waals surface area contributed by atoms with Gasteiger partial charge in [0.05, 0.1) is 23.0 Å². The summed E-state index contributed by atoms with van der Waals surface area (Å²) in [5.74, 6) is -0.654. The fraction of sp³-hybridized carbons (Fsp3) is 0.480. The second-order valence-electron chi connectivity index (χ2n) is 10.4. The Balaban J connectivity index is 1.92. The van der Waals surface area contributed by atoms with Crippen LogP contribution in [0, 0.1) is 0 Å². The van der Waals surface area contributed by atoms with E-state index < -0.39 is 68.6 Å². The molecule has 2 aliphatic rings. The van der Waals surface area contributed by atoms with Gasteiger partial charge in [-0.3, -0.25) is 4.79 Å². The first-order valence-electron chi connectivity index (χ1n) is 11.6. The van der Waals surface area contributed by atoms with E-state index in [0.717, 1.165) is 6.07 Å². The number of aliphatic hydroxyl groups is 1. The Morgan fingerprint density at radius 2 is 1.59 bits per heavy atom. The van der Waals surface area contributed by atoms with Gasteiger partial charge >= 0.3 is 18.0 Å². The molecule has 4 rings (SSSR count). The van der Waals surface area contributed by atoms with Crippen LogP contribution in [0.25, 0.3) is 0 Å². The Kier molecular flexibility index (Phi) is 6.88. The first-order valence-corrected chi connectivity index (χ1v) is 13.5. The van der Waals surface area contributed by atoms with Crippen molar-refractivity contribution in [3.05, 3.63) is 64.2 Å². The van der Waals surface area contributed by atoms with Crippen molar-refractivity contribution in [2.24, 2.45) is 0 Å². The van der Waals surface area contributed by atoms with Crippen LogP contribution in [-0.4, -0.2) is 54.9 Å². The Hall–Kier alpha value is -2.38. The number of sulfone groups is 1. The minimum atomic E-state index is -6.35. The standard InChI is InChI=1S/C25H23ClF7NO4S/c1-21(2,36)13-20(35)34-10-9-22(39(37,38)17-6-4-16(26)5-7-17)18-8-3-15(11-14(18)12-19(22)34)23(27,24(28,29)30)25(31,32)33/h3-8,11,19,36H,9-10,12-13H2,1-2H3. The van der Waals surface area contributed by atoms with Gasteiger partial charge in [0.2, 0.25) is 5.91 Å². The first kappa shape index (κ1) is 29.6. The van der Waals surface area contributed by atoms with Crippen molar-refractivity contribution in [1.82, 2.24) is 4.90 Å². The molecule has 1 heterocycles. The summed E-state index contributed by atoms with van der Waals surface area (Å²) in [6.07, 6.45) is -13.8. The summed E-state index contributed by atoms with van der Waals surface area (Å²) in [7, 11) is -4.44. The molecule has 14 heteroatoms. The second-order valence-corrected chi connectivity index (χ2v) is 13.1. The average molecular weight is 602 g/mol. The summed E-state index contributed by atoms with van der Waals surface area (Å²) in [4.78, 5) is 14.0. The molecule has 39 heavy (non-hydrogen) atoms. The van der Waals surface area contributed by atoms with E-state index in [2.05, 4.69) is 0 Å². The number of alkyl halides is 7. The molecule has 1 N–H and O–H groups in total. The molecule has 2 atom stereocenters. The number of amides is 1. The fourth-order valence-corrected chi connectivity index (χ4v) is 8.05. The van der Waals surface area contributed by atoms with E-state index in [1.807, 2.05) is 0 Å². The minimum absolute atomic E-state index is 0.105. The molecular weight excluding hydrogens is 579 g/mol. The van der Waals surface area contributed by atoms with Gasteiger partial charge in [-0.15, -0.1) is 0 Å². The molecule has 2 aromatic carbocycles. The molecule has 0 saturated carbocycles. The van der Waals surface area contributed by atoms with Crippen LogP contribution in [-0.2, 0) is 31.5 Å². The van der Waals surface area contributed by atoms with Crippen LogP contribution in [0.2, 0.25) is 5.02 Å². The van der Waals surface area contributed by atoms with Crippen LogP contribution < -0.4 is 0 Å². The molecule has 0 spiro atoms. The van der Waals surface area contributed by atoms with E-state index in [1.54, 1.807) is 0 Å². The molecule has 0 radical (unpaired) electrons. The molecular formula is C25H23ClF7NO4S. The van der Waals surface area contributed by atoms with Crippen molar-refractivity contribution in [2.75, 3.05) is 6.54 Å². The van der Waals surface area contributed by atoms with Crippen molar-refractivity contribution < 1.29 is 49.1 Å². The number of hydrogen-bond donors (Lipinski definition) is 1. The van der Waals surface area contributed by atoms with Gasteiger partial charge in [-0.2, -0.15) is 26.3 Å². The van der Waals surface area contributed by atoms with Gasteiger partial charge in [-0.1, -0.05) is 29.8 Å². The molecule has 1 saturated heterocycles. The summed E-state index contributed by atoms with van der Waals surface area (Å²) in [6.45, 7) is 2.60. The van der Waals surface area contributed by atoms with E-state index >= 15 is 0 Å². The topological polar surface area (TPSA) is 74.7 Å². The van der Waals surface area contributed by atoms with Crippen LogP contribution >= 0.6 is 11.6 Å². The number of halogens is 8. The number of carbonyl (C=O) groups excluding carboxylic acids is 1. The summed E-state index contributed by atoms with van der Waals surface area (Å²) < 4.78 is 122. The molecule has 2 aromatic rings. The van der Waals surface area contributed by atoms with Gasteiger partial charge in [0, 0.05) is 17.1 Å². The molecule has 5 nitrogen and oxygen atoms in total. The number of likely N-dealkylation sites (tertiary alicyclic amines) is 1. The lowest BCUT2D eigenvalue weighted by Crippen LogP contribution is -2.50. The monoisotopic (exact) mass is 601 g/mol. The zero-order chi connectivity index (χ0) is 29.4.